The second-order valence-electron chi connectivity index (χ2n) is 2.35. The monoisotopic (exact) mass is 120 g/mol. The molecule has 0 nitrogen and oxygen atoms in total. The predicted octanol–water partition coefficient (Wildman–Crippen LogP) is -0.0289. The molecule has 0 atom stereocenters. The Bertz CT molecular complexity index is 194. The molecule has 0 amide bonds. The minimum Gasteiger partial charge on any atom is -0.0642 e. The summed E-state index contributed by atoms with van der Waals surface area (Å²) in [6.45, 7) is 2.38. The fourth-order valence-electron chi connectivity index (χ4n) is 1.18. The lowest BCUT2D eigenvalue weighted by Crippen LogP contribution is -1.93. The molecule has 0 aromatic heterocycles. The molecule has 0 saturated carbocycles. The van der Waals surface area contributed by atoms with E-state index >= 15 is 0 Å². The first-order chi connectivity index (χ1) is 3.89. The highest BCUT2D eigenvalue weighted by Gasteiger charge is 2.27. The van der Waals surface area contributed by atoms with Crippen LogP contribution < -0.4 is 10.4 Å². The van der Waals surface area contributed by atoms with E-state index < -0.39 is 8.80 Å². The molecular weight excluding hydrogens is 112 g/mol. The normalized spacial score (nSPS) is 15.6. The minimum absolute atomic E-state index is 0.397. The summed E-state index contributed by atoms with van der Waals surface area (Å²) in [5.41, 5.74) is 0. The third kappa shape index (κ3) is 0.396. The average Bonchev–Trinajstić information content (AvgIpc) is 2.46. The summed E-state index contributed by atoms with van der Waals surface area (Å²) in [6, 6.07) is 8.78. The van der Waals surface area contributed by atoms with Crippen LogP contribution in [0.4, 0.5) is 0 Å². The van der Waals surface area contributed by atoms with Crippen molar-refractivity contribution >= 4 is 19.2 Å². The molecular formula is C7H8Si. The highest BCUT2D eigenvalue weighted by atomic mass is 28.3. The molecule has 0 unspecified atom stereocenters. The van der Waals surface area contributed by atoms with Crippen LogP contribution in [0.25, 0.3) is 0 Å². The zero-order valence-corrected chi connectivity index (χ0v) is 6.04. The van der Waals surface area contributed by atoms with Gasteiger partial charge in [-0.3, -0.25) is 0 Å². The number of benzene rings is 1. The Kier molecular flexibility index (Phi) is 0.666. The SMILES string of the molecule is C[SiH]1c2ccccc21. The van der Waals surface area contributed by atoms with E-state index in [2.05, 4.69) is 30.8 Å². The Morgan fingerprint density at radius 1 is 1.12 bits per heavy atom. The van der Waals surface area contributed by atoms with Gasteiger partial charge in [0, 0.05) is 0 Å². The van der Waals surface area contributed by atoms with Gasteiger partial charge in [0.05, 0.1) is 8.80 Å². The highest BCUT2D eigenvalue weighted by molar-refractivity contribution is 7.01. The van der Waals surface area contributed by atoms with Gasteiger partial charge in [-0.05, 0) is 0 Å². The number of rotatable bonds is 0. The molecule has 0 spiro atoms. The molecule has 1 heteroatoms. The van der Waals surface area contributed by atoms with Crippen LogP contribution in [0.15, 0.2) is 24.3 Å². The van der Waals surface area contributed by atoms with Crippen molar-refractivity contribution in [2.45, 2.75) is 6.55 Å². The standard InChI is InChI=1S/C7H8Si/c1-8-6-4-2-3-5-7(6)8/h2-5,8H,1H3. The molecule has 1 aromatic rings. The van der Waals surface area contributed by atoms with Gasteiger partial charge in [0.2, 0.25) is 0 Å². The van der Waals surface area contributed by atoms with Crippen molar-refractivity contribution in [3.63, 3.8) is 0 Å². The van der Waals surface area contributed by atoms with Gasteiger partial charge in [0.25, 0.3) is 0 Å². The van der Waals surface area contributed by atoms with Crippen molar-refractivity contribution in [2.75, 3.05) is 0 Å². The van der Waals surface area contributed by atoms with Gasteiger partial charge in [0.1, 0.15) is 0 Å². The van der Waals surface area contributed by atoms with Crippen LogP contribution in [0, 0.1) is 0 Å². The van der Waals surface area contributed by atoms with Crippen molar-refractivity contribution < 1.29 is 0 Å². The fourth-order valence-corrected chi connectivity index (χ4v) is 3.44. The van der Waals surface area contributed by atoms with E-state index in [0.29, 0.717) is 0 Å². The number of fused-ring (bicyclic) bond motifs is 1. The van der Waals surface area contributed by atoms with E-state index in [9.17, 15) is 0 Å². The molecule has 1 heterocycles. The molecule has 1 aliphatic rings. The van der Waals surface area contributed by atoms with Gasteiger partial charge in [-0.15, -0.1) is 0 Å². The van der Waals surface area contributed by atoms with Gasteiger partial charge in [0.15, 0.2) is 0 Å². The van der Waals surface area contributed by atoms with Gasteiger partial charge in [-0.2, -0.15) is 0 Å². The Labute approximate surface area is 50.8 Å². The molecule has 0 bridgehead atoms. The van der Waals surface area contributed by atoms with Crippen LogP contribution in [0.2, 0.25) is 6.55 Å². The zero-order valence-electron chi connectivity index (χ0n) is 4.89. The van der Waals surface area contributed by atoms with Crippen molar-refractivity contribution in [3.8, 4) is 0 Å². The van der Waals surface area contributed by atoms with Crippen molar-refractivity contribution in [2.24, 2.45) is 0 Å². The lowest BCUT2D eigenvalue weighted by Gasteiger charge is -1.69. The smallest absolute Gasteiger partial charge is 0.0642 e. The summed E-state index contributed by atoms with van der Waals surface area (Å²) in [7, 11) is -0.397. The maximum absolute atomic E-state index is 2.38. The Morgan fingerprint density at radius 2 is 1.62 bits per heavy atom. The van der Waals surface area contributed by atoms with Crippen molar-refractivity contribution in [1.29, 1.82) is 0 Å². The molecule has 1 aliphatic heterocycles. The molecule has 8 heavy (non-hydrogen) atoms. The Balaban J connectivity index is 2.58. The first-order valence-corrected chi connectivity index (χ1v) is 5.29. The predicted molar refractivity (Wildman–Crippen MR) is 38.7 cm³/mol. The lowest BCUT2D eigenvalue weighted by atomic mass is 10.4. The molecule has 0 radical (unpaired) electrons. The van der Waals surface area contributed by atoms with Crippen molar-refractivity contribution in [3.05, 3.63) is 24.3 Å². The van der Waals surface area contributed by atoms with E-state index in [0.717, 1.165) is 0 Å². The van der Waals surface area contributed by atoms with Crippen LogP contribution in [0.5, 0.6) is 0 Å². The largest absolute Gasteiger partial charge is 0.0994 e. The molecule has 0 aliphatic carbocycles. The van der Waals surface area contributed by atoms with Crippen LogP contribution in [0.1, 0.15) is 0 Å². The summed E-state index contributed by atoms with van der Waals surface area (Å²) in [6.07, 6.45) is 0. The minimum atomic E-state index is -0.397. The summed E-state index contributed by atoms with van der Waals surface area (Å²) in [5, 5.41) is 3.35. The summed E-state index contributed by atoms with van der Waals surface area (Å²) >= 11 is 0. The van der Waals surface area contributed by atoms with Crippen LogP contribution in [0.3, 0.4) is 0 Å². The van der Waals surface area contributed by atoms with E-state index in [-0.39, 0.29) is 0 Å². The zero-order chi connectivity index (χ0) is 5.56. The lowest BCUT2D eigenvalue weighted by molar-refractivity contribution is 1.87. The third-order valence-electron chi connectivity index (χ3n) is 1.85. The first kappa shape index (κ1) is 4.33. The van der Waals surface area contributed by atoms with E-state index in [1.54, 1.807) is 10.4 Å². The molecule has 0 saturated heterocycles. The third-order valence-corrected chi connectivity index (χ3v) is 4.43. The molecule has 40 valence electrons. The van der Waals surface area contributed by atoms with E-state index in [4.69, 9.17) is 0 Å². The molecule has 0 fully saturated rings. The van der Waals surface area contributed by atoms with Crippen LogP contribution in [-0.4, -0.2) is 8.80 Å². The van der Waals surface area contributed by atoms with Gasteiger partial charge < -0.3 is 0 Å². The van der Waals surface area contributed by atoms with E-state index in [1.807, 2.05) is 0 Å². The van der Waals surface area contributed by atoms with Crippen LogP contribution in [-0.2, 0) is 0 Å². The Hall–Kier alpha value is -0.563. The molecule has 0 N–H and O–H groups in total. The average molecular weight is 120 g/mol. The van der Waals surface area contributed by atoms with Gasteiger partial charge in [-0.25, -0.2) is 0 Å². The number of hydrogen-bond acceptors (Lipinski definition) is 0. The first-order valence-electron chi connectivity index (χ1n) is 2.98. The topological polar surface area (TPSA) is 0 Å². The van der Waals surface area contributed by atoms with E-state index in [1.165, 1.54) is 0 Å². The van der Waals surface area contributed by atoms with Gasteiger partial charge >= 0.3 is 0 Å². The highest BCUT2D eigenvalue weighted by Crippen LogP contribution is 1.98. The second-order valence-corrected chi connectivity index (χ2v) is 5.04. The van der Waals surface area contributed by atoms with Gasteiger partial charge in [-0.1, -0.05) is 41.2 Å². The molecule has 2 rings (SSSR count). The number of hydrogen-bond donors (Lipinski definition) is 0. The maximum atomic E-state index is 2.38. The van der Waals surface area contributed by atoms with Crippen molar-refractivity contribution in [1.82, 2.24) is 0 Å². The summed E-state index contributed by atoms with van der Waals surface area (Å²) < 4.78 is 0. The maximum Gasteiger partial charge on any atom is 0.0994 e. The summed E-state index contributed by atoms with van der Waals surface area (Å²) in [4.78, 5) is 0. The second kappa shape index (κ2) is 1.23. The fraction of sp³-hybridized carbons (Fsp3) is 0.143. The quantitative estimate of drug-likeness (QED) is 0.422. The van der Waals surface area contributed by atoms with Crippen LogP contribution >= 0.6 is 0 Å². The summed E-state index contributed by atoms with van der Waals surface area (Å²) in [5.74, 6) is 0. The Morgan fingerprint density at radius 3 is 2.00 bits per heavy atom. The molecule has 1 aromatic carbocycles.